The van der Waals surface area contributed by atoms with E-state index < -0.39 is 9.84 Å². The van der Waals surface area contributed by atoms with E-state index in [9.17, 15) is 8.42 Å². The average molecular weight is 338 g/mol. The number of halogens is 1. The SMILES string of the molecule is CC(NC1CCS(=O)(=O)CC1)c1sccc1Br. The second kappa shape index (κ2) is 5.38. The van der Waals surface area contributed by atoms with Gasteiger partial charge in [0.2, 0.25) is 0 Å². The lowest BCUT2D eigenvalue weighted by atomic mass is 10.1. The fraction of sp³-hybridized carbons (Fsp3) is 0.636. The Morgan fingerprint density at radius 1 is 1.47 bits per heavy atom. The maximum atomic E-state index is 11.3. The molecule has 1 N–H and O–H groups in total. The van der Waals surface area contributed by atoms with Crippen molar-refractivity contribution in [3.8, 4) is 0 Å². The van der Waals surface area contributed by atoms with Crippen LogP contribution in [0.15, 0.2) is 15.9 Å². The number of hydrogen-bond donors (Lipinski definition) is 1. The van der Waals surface area contributed by atoms with Crippen molar-refractivity contribution in [2.75, 3.05) is 11.5 Å². The standard InChI is InChI=1S/C11H16BrNO2S2/c1-8(11-10(12)2-5-16-11)13-9-3-6-17(14,15)7-4-9/h2,5,8-9,13H,3-4,6-7H2,1H3. The lowest BCUT2D eigenvalue weighted by Gasteiger charge is -2.26. The lowest BCUT2D eigenvalue weighted by molar-refractivity contribution is 0.422. The van der Waals surface area contributed by atoms with Gasteiger partial charge in [0, 0.05) is 21.4 Å². The molecule has 1 unspecified atom stereocenters. The number of nitrogens with one attached hydrogen (secondary N) is 1. The molecule has 2 heterocycles. The van der Waals surface area contributed by atoms with Crippen LogP contribution in [0.25, 0.3) is 0 Å². The fourth-order valence-corrected chi connectivity index (χ4v) is 5.33. The van der Waals surface area contributed by atoms with E-state index in [0.717, 1.165) is 17.3 Å². The van der Waals surface area contributed by atoms with E-state index in [4.69, 9.17) is 0 Å². The van der Waals surface area contributed by atoms with E-state index in [0.29, 0.717) is 17.5 Å². The first-order valence-electron chi connectivity index (χ1n) is 5.67. The molecule has 2 rings (SSSR count). The first-order chi connectivity index (χ1) is 7.98. The number of thiophene rings is 1. The Hall–Kier alpha value is 0.0900. The molecule has 6 heteroatoms. The zero-order chi connectivity index (χ0) is 12.5. The molecule has 3 nitrogen and oxygen atoms in total. The van der Waals surface area contributed by atoms with Crippen LogP contribution in [-0.4, -0.2) is 26.0 Å². The number of hydrogen-bond acceptors (Lipinski definition) is 4. The summed E-state index contributed by atoms with van der Waals surface area (Å²) in [5.41, 5.74) is 0. The van der Waals surface area contributed by atoms with Crippen molar-refractivity contribution in [3.63, 3.8) is 0 Å². The molecule has 0 radical (unpaired) electrons. The van der Waals surface area contributed by atoms with Crippen molar-refractivity contribution in [2.45, 2.75) is 31.8 Å². The molecule has 1 atom stereocenters. The Balaban J connectivity index is 1.92. The van der Waals surface area contributed by atoms with Gasteiger partial charge in [-0.05, 0) is 47.1 Å². The minimum atomic E-state index is -2.76. The van der Waals surface area contributed by atoms with Crippen molar-refractivity contribution < 1.29 is 8.42 Å². The van der Waals surface area contributed by atoms with Crippen molar-refractivity contribution >= 4 is 37.1 Å². The molecule has 0 saturated carbocycles. The van der Waals surface area contributed by atoms with Gasteiger partial charge in [-0.25, -0.2) is 8.42 Å². The molecule has 1 aromatic rings. The monoisotopic (exact) mass is 337 g/mol. The van der Waals surface area contributed by atoms with Crippen LogP contribution in [0.5, 0.6) is 0 Å². The van der Waals surface area contributed by atoms with Gasteiger partial charge in [0.25, 0.3) is 0 Å². The molecule has 0 amide bonds. The molecule has 17 heavy (non-hydrogen) atoms. The van der Waals surface area contributed by atoms with E-state index in [2.05, 4.69) is 33.6 Å². The van der Waals surface area contributed by atoms with E-state index in [-0.39, 0.29) is 6.04 Å². The Morgan fingerprint density at radius 2 is 2.12 bits per heavy atom. The summed E-state index contributed by atoms with van der Waals surface area (Å²) in [4.78, 5) is 1.28. The quantitative estimate of drug-likeness (QED) is 0.922. The van der Waals surface area contributed by atoms with Gasteiger partial charge in [-0.15, -0.1) is 11.3 Å². The van der Waals surface area contributed by atoms with Crippen molar-refractivity contribution in [3.05, 3.63) is 20.8 Å². The van der Waals surface area contributed by atoms with E-state index in [1.807, 2.05) is 6.07 Å². The van der Waals surface area contributed by atoms with Gasteiger partial charge in [-0.1, -0.05) is 0 Å². The van der Waals surface area contributed by atoms with Crippen LogP contribution in [0.1, 0.15) is 30.7 Å². The van der Waals surface area contributed by atoms with Crippen LogP contribution in [0, 0.1) is 0 Å². The normalized spacial score (nSPS) is 22.5. The molecule has 96 valence electrons. The van der Waals surface area contributed by atoms with E-state index in [1.54, 1.807) is 11.3 Å². The van der Waals surface area contributed by atoms with Gasteiger partial charge in [-0.3, -0.25) is 0 Å². The summed E-state index contributed by atoms with van der Waals surface area (Å²) >= 11 is 5.24. The van der Waals surface area contributed by atoms with Crippen molar-refractivity contribution in [1.82, 2.24) is 5.32 Å². The second-order valence-corrected chi connectivity index (χ2v) is 8.55. The molecule has 0 bridgehead atoms. The van der Waals surface area contributed by atoms with E-state index >= 15 is 0 Å². The average Bonchev–Trinajstić information content (AvgIpc) is 2.68. The Bertz CT molecular complexity index is 469. The second-order valence-electron chi connectivity index (χ2n) is 4.45. The molecule has 1 aliphatic rings. The molecule has 1 fully saturated rings. The highest BCUT2D eigenvalue weighted by molar-refractivity contribution is 9.10. The summed E-state index contributed by atoms with van der Waals surface area (Å²) in [5.74, 6) is 0.645. The Morgan fingerprint density at radius 3 is 2.65 bits per heavy atom. The number of sulfone groups is 1. The molecular formula is C11H16BrNO2S2. The minimum absolute atomic E-state index is 0.273. The van der Waals surface area contributed by atoms with Crippen molar-refractivity contribution in [2.24, 2.45) is 0 Å². The van der Waals surface area contributed by atoms with Crippen LogP contribution in [0.2, 0.25) is 0 Å². The largest absolute Gasteiger partial charge is 0.307 e. The molecule has 1 aromatic heterocycles. The fourth-order valence-electron chi connectivity index (χ4n) is 2.10. The van der Waals surface area contributed by atoms with Crippen LogP contribution < -0.4 is 5.32 Å². The third-order valence-corrected chi connectivity index (χ3v) is 6.85. The van der Waals surface area contributed by atoms with Gasteiger partial charge in [0.1, 0.15) is 9.84 Å². The maximum absolute atomic E-state index is 11.3. The summed E-state index contributed by atoms with van der Waals surface area (Å²) in [5, 5.41) is 5.57. The molecule has 0 spiro atoms. The molecule has 0 aliphatic carbocycles. The van der Waals surface area contributed by atoms with Gasteiger partial charge in [-0.2, -0.15) is 0 Å². The Labute approximate surface area is 115 Å². The van der Waals surface area contributed by atoms with E-state index in [1.165, 1.54) is 4.88 Å². The highest BCUT2D eigenvalue weighted by Crippen LogP contribution is 2.29. The predicted octanol–water partition coefficient (Wildman–Crippen LogP) is 2.74. The smallest absolute Gasteiger partial charge is 0.150 e. The topological polar surface area (TPSA) is 46.2 Å². The Kier molecular flexibility index (Phi) is 4.28. The molecule has 1 aliphatic heterocycles. The number of rotatable bonds is 3. The lowest BCUT2D eigenvalue weighted by Crippen LogP contribution is -2.38. The molecule has 0 aromatic carbocycles. The molecule has 1 saturated heterocycles. The zero-order valence-corrected chi connectivity index (χ0v) is 12.9. The summed E-state index contributed by atoms with van der Waals surface area (Å²) in [6, 6.07) is 2.64. The van der Waals surface area contributed by atoms with Gasteiger partial charge in [0.15, 0.2) is 0 Å². The van der Waals surface area contributed by atoms with Crippen LogP contribution in [0.3, 0.4) is 0 Å². The first kappa shape index (κ1) is 13.5. The highest BCUT2D eigenvalue weighted by Gasteiger charge is 2.25. The van der Waals surface area contributed by atoms with Crippen LogP contribution in [-0.2, 0) is 9.84 Å². The zero-order valence-electron chi connectivity index (χ0n) is 9.65. The summed E-state index contributed by atoms with van der Waals surface area (Å²) in [7, 11) is -2.76. The minimum Gasteiger partial charge on any atom is -0.307 e. The third-order valence-electron chi connectivity index (χ3n) is 3.08. The first-order valence-corrected chi connectivity index (χ1v) is 9.17. The van der Waals surface area contributed by atoms with Gasteiger partial charge in [0.05, 0.1) is 11.5 Å². The van der Waals surface area contributed by atoms with Crippen LogP contribution >= 0.6 is 27.3 Å². The summed E-state index contributed by atoms with van der Waals surface area (Å²) < 4.78 is 23.8. The van der Waals surface area contributed by atoms with Crippen LogP contribution in [0.4, 0.5) is 0 Å². The van der Waals surface area contributed by atoms with Crippen molar-refractivity contribution in [1.29, 1.82) is 0 Å². The molecular weight excluding hydrogens is 322 g/mol. The van der Waals surface area contributed by atoms with Gasteiger partial charge >= 0.3 is 0 Å². The predicted molar refractivity (Wildman–Crippen MR) is 75.2 cm³/mol. The highest BCUT2D eigenvalue weighted by atomic mass is 79.9. The third kappa shape index (κ3) is 3.53. The van der Waals surface area contributed by atoms with Gasteiger partial charge < -0.3 is 5.32 Å². The summed E-state index contributed by atoms with van der Waals surface area (Å²) in [6.07, 6.45) is 1.46. The maximum Gasteiger partial charge on any atom is 0.150 e. The summed E-state index contributed by atoms with van der Waals surface area (Å²) in [6.45, 7) is 2.12.